The lowest BCUT2D eigenvalue weighted by molar-refractivity contribution is -0.118. The lowest BCUT2D eigenvalue weighted by Gasteiger charge is -2.34. The molecule has 3 unspecified atom stereocenters. The predicted molar refractivity (Wildman–Crippen MR) is 114 cm³/mol. The summed E-state index contributed by atoms with van der Waals surface area (Å²) in [7, 11) is 0. The van der Waals surface area contributed by atoms with Crippen molar-refractivity contribution in [3.05, 3.63) is 34.9 Å². The number of Topliss-reactive ketones (excluding diaryl/α,β-unsaturated/α-hetero) is 1. The largest absolute Gasteiger partial charge is 0.303 e. The van der Waals surface area contributed by atoms with Gasteiger partial charge in [-0.05, 0) is 54.9 Å². The summed E-state index contributed by atoms with van der Waals surface area (Å²) in [5, 5.41) is 12.2. The second-order valence-corrected chi connectivity index (χ2v) is 10.3. The third-order valence-electron chi connectivity index (χ3n) is 7.09. The van der Waals surface area contributed by atoms with E-state index < -0.39 is 5.25 Å². The number of halogens is 1. The molecule has 1 heterocycles. The zero-order valence-electron chi connectivity index (χ0n) is 16.3. The van der Waals surface area contributed by atoms with E-state index in [2.05, 4.69) is 36.3 Å². The van der Waals surface area contributed by atoms with E-state index in [0.29, 0.717) is 21.7 Å². The highest BCUT2D eigenvalue weighted by molar-refractivity contribution is 8.15. The Labute approximate surface area is 174 Å². The van der Waals surface area contributed by atoms with Gasteiger partial charge in [-0.25, -0.2) is 0 Å². The average molecular weight is 418 g/mol. The van der Waals surface area contributed by atoms with Gasteiger partial charge in [0.2, 0.25) is 5.91 Å². The first-order valence-corrected chi connectivity index (χ1v) is 10.9. The van der Waals surface area contributed by atoms with Crippen LogP contribution in [-0.4, -0.2) is 27.8 Å². The number of hydrogen-bond acceptors (Lipinski definition) is 5. The molecular formula is C21H24ClN3O2S. The van der Waals surface area contributed by atoms with E-state index in [1.54, 1.807) is 24.3 Å². The molecule has 2 aliphatic carbocycles. The van der Waals surface area contributed by atoms with Crippen molar-refractivity contribution in [2.45, 2.75) is 51.7 Å². The van der Waals surface area contributed by atoms with Gasteiger partial charge >= 0.3 is 0 Å². The van der Waals surface area contributed by atoms with E-state index in [4.69, 9.17) is 11.6 Å². The normalized spacial score (nSPS) is 33.6. The van der Waals surface area contributed by atoms with Crippen LogP contribution in [0.5, 0.6) is 0 Å². The molecule has 0 radical (unpaired) electrons. The van der Waals surface area contributed by atoms with Crippen LogP contribution in [0.25, 0.3) is 0 Å². The van der Waals surface area contributed by atoms with Crippen LogP contribution in [-0.2, 0) is 4.79 Å². The van der Waals surface area contributed by atoms with Gasteiger partial charge in [0.15, 0.2) is 11.0 Å². The van der Waals surface area contributed by atoms with Gasteiger partial charge in [0, 0.05) is 28.1 Å². The second kappa shape index (κ2) is 6.99. The van der Waals surface area contributed by atoms with Gasteiger partial charge in [-0.1, -0.05) is 44.1 Å². The molecule has 28 heavy (non-hydrogen) atoms. The summed E-state index contributed by atoms with van der Waals surface area (Å²) in [5.41, 5.74) is 2.02. The van der Waals surface area contributed by atoms with Crippen LogP contribution >= 0.6 is 23.4 Å². The summed E-state index contributed by atoms with van der Waals surface area (Å²) < 4.78 is 0. The second-order valence-electron chi connectivity index (χ2n) is 8.68. The summed E-state index contributed by atoms with van der Waals surface area (Å²) in [6.07, 6.45) is 3.50. The first kappa shape index (κ1) is 19.6. The molecule has 4 rings (SSSR count). The molecule has 3 aliphatic rings. The number of nitrogens with one attached hydrogen (secondary N) is 1. The zero-order chi connectivity index (χ0) is 20.1. The molecular weight excluding hydrogens is 394 g/mol. The Morgan fingerprint density at radius 3 is 2.57 bits per heavy atom. The minimum atomic E-state index is -0.478. The average Bonchev–Trinajstić information content (AvgIpc) is 3.17. The first-order valence-electron chi connectivity index (χ1n) is 9.62. The smallest absolute Gasteiger partial charge is 0.240 e. The Morgan fingerprint density at radius 2 is 1.96 bits per heavy atom. The minimum Gasteiger partial charge on any atom is -0.303 e. The third kappa shape index (κ3) is 3.20. The topological polar surface area (TPSA) is 70.9 Å². The maximum atomic E-state index is 12.4. The zero-order valence-corrected chi connectivity index (χ0v) is 17.9. The summed E-state index contributed by atoms with van der Waals surface area (Å²) in [5.74, 6) is 0.386. The monoisotopic (exact) mass is 417 g/mol. The van der Waals surface area contributed by atoms with Crippen molar-refractivity contribution in [3.63, 3.8) is 0 Å². The molecule has 2 saturated carbocycles. The number of amidine groups is 1. The molecule has 0 aromatic heterocycles. The van der Waals surface area contributed by atoms with Crippen LogP contribution in [0.3, 0.4) is 0 Å². The number of benzene rings is 1. The van der Waals surface area contributed by atoms with Gasteiger partial charge in [-0.3, -0.25) is 9.59 Å². The molecule has 3 fully saturated rings. The number of thioether (sulfide) groups is 1. The Hall–Kier alpha value is -1.66. The summed E-state index contributed by atoms with van der Waals surface area (Å²) in [6.45, 7) is 6.93. The van der Waals surface area contributed by atoms with Gasteiger partial charge in [-0.15, -0.1) is 5.10 Å². The quantitative estimate of drug-likeness (QED) is 0.570. The number of amides is 1. The number of fused-ring (bicyclic) bond motifs is 2. The van der Waals surface area contributed by atoms with Gasteiger partial charge in [0.1, 0.15) is 0 Å². The Bertz CT molecular complexity index is 893. The molecule has 7 heteroatoms. The van der Waals surface area contributed by atoms with Crippen molar-refractivity contribution < 1.29 is 9.59 Å². The number of ketones is 1. The molecule has 1 saturated heterocycles. The Kier molecular flexibility index (Phi) is 4.91. The summed E-state index contributed by atoms with van der Waals surface area (Å²) in [6, 6.07) is 6.72. The van der Waals surface area contributed by atoms with Crippen LogP contribution in [0.15, 0.2) is 34.5 Å². The van der Waals surface area contributed by atoms with Crippen LogP contribution < -0.4 is 5.32 Å². The van der Waals surface area contributed by atoms with Crippen LogP contribution in [0.2, 0.25) is 5.02 Å². The molecule has 1 aromatic rings. The Balaban J connectivity index is 1.44. The lowest BCUT2D eigenvalue weighted by atomic mass is 9.70. The first-order chi connectivity index (χ1) is 13.2. The molecule has 3 atom stereocenters. The van der Waals surface area contributed by atoms with Crippen molar-refractivity contribution in [3.8, 4) is 0 Å². The number of nitrogens with zero attached hydrogens (tertiary/aromatic N) is 2. The number of carbonyl (C=O) groups excluding carboxylic acids is 2. The third-order valence-corrected chi connectivity index (χ3v) is 8.41. The maximum absolute atomic E-state index is 12.4. The van der Waals surface area contributed by atoms with Gasteiger partial charge in [0.25, 0.3) is 0 Å². The Morgan fingerprint density at radius 1 is 1.25 bits per heavy atom. The van der Waals surface area contributed by atoms with E-state index in [1.807, 2.05) is 0 Å². The molecule has 0 spiro atoms. The van der Waals surface area contributed by atoms with E-state index in [0.717, 1.165) is 18.6 Å². The lowest BCUT2D eigenvalue weighted by Crippen LogP contribution is -2.32. The van der Waals surface area contributed by atoms with E-state index in [1.165, 1.54) is 18.2 Å². The number of hydrogen-bond donors (Lipinski definition) is 1. The molecule has 1 N–H and O–H groups in total. The fourth-order valence-electron chi connectivity index (χ4n) is 4.69. The van der Waals surface area contributed by atoms with Gasteiger partial charge < -0.3 is 5.32 Å². The molecule has 1 aliphatic heterocycles. The fourth-order valence-corrected chi connectivity index (χ4v) is 5.74. The number of rotatable bonds is 4. The van der Waals surface area contributed by atoms with Gasteiger partial charge in [0.05, 0.1) is 5.25 Å². The standard InChI is InChI=1S/C21H24ClN3O2S/c1-20(2)13-8-9-21(20,3)17(10-13)24-25-19-23-18(27)16(28-19)11-15(26)12-4-6-14(22)7-5-12/h4-7,13,16H,8-11H2,1-3H3,(H,23,25,27). The highest BCUT2D eigenvalue weighted by Crippen LogP contribution is 2.64. The van der Waals surface area contributed by atoms with Crippen molar-refractivity contribution >= 4 is 45.9 Å². The highest BCUT2D eigenvalue weighted by atomic mass is 35.5. The summed E-state index contributed by atoms with van der Waals surface area (Å²) >= 11 is 7.14. The maximum Gasteiger partial charge on any atom is 0.240 e. The molecule has 1 aromatic carbocycles. The van der Waals surface area contributed by atoms with Crippen molar-refractivity contribution in [2.24, 2.45) is 27.0 Å². The van der Waals surface area contributed by atoms with Crippen molar-refractivity contribution in [1.82, 2.24) is 5.32 Å². The number of carbonyl (C=O) groups is 2. The predicted octanol–water partition coefficient (Wildman–Crippen LogP) is 4.70. The highest BCUT2D eigenvalue weighted by Gasteiger charge is 2.60. The fraction of sp³-hybridized carbons (Fsp3) is 0.524. The molecule has 1 amide bonds. The SMILES string of the molecule is CC12CCC(CC1=N/N=C1/NC(=O)C(CC(=O)c3ccc(Cl)cc3)S1)C2(C)C. The van der Waals surface area contributed by atoms with Crippen LogP contribution in [0.1, 0.15) is 56.8 Å². The molecule has 5 nitrogen and oxygen atoms in total. The van der Waals surface area contributed by atoms with Crippen LogP contribution in [0, 0.1) is 16.7 Å². The molecule has 148 valence electrons. The minimum absolute atomic E-state index is 0.0823. The van der Waals surface area contributed by atoms with Crippen molar-refractivity contribution in [1.29, 1.82) is 0 Å². The van der Waals surface area contributed by atoms with E-state index in [9.17, 15) is 9.59 Å². The van der Waals surface area contributed by atoms with E-state index in [-0.39, 0.29) is 28.9 Å². The molecule has 2 bridgehead atoms. The van der Waals surface area contributed by atoms with E-state index >= 15 is 0 Å². The van der Waals surface area contributed by atoms with Crippen molar-refractivity contribution in [2.75, 3.05) is 0 Å². The van der Waals surface area contributed by atoms with Crippen LogP contribution in [0.4, 0.5) is 0 Å². The van der Waals surface area contributed by atoms with Gasteiger partial charge in [-0.2, -0.15) is 5.10 Å². The summed E-state index contributed by atoms with van der Waals surface area (Å²) in [4.78, 5) is 24.7.